The maximum absolute atomic E-state index is 12.4. The fourth-order valence-electron chi connectivity index (χ4n) is 1.07. The predicted molar refractivity (Wildman–Crippen MR) is 47.9 cm³/mol. The van der Waals surface area contributed by atoms with Crippen molar-refractivity contribution < 1.29 is 8.78 Å². The number of alkyl halides is 3. The van der Waals surface area contributed by atoms with Gasteiger partial charge in [-0.2, -0.15) is 0 Å². The van der Waals surface area contributed by atoms with Gasteiger partial charge in [-0.05, 0) is 12.5 Å². The minimum Gasteiger partial charge on any atom is -0.383 e. The molecule has 0 spiro atoms. The van der Waals surface area contributed by atoms with Crippen molar-refractivity contribution in [2.24, 2.45) is 0 Å². The number of rotatable bonds is 2. The van der Waals surface area contributed by atoms with E-state index in [-0.39, 0.29) is 17.3 Å². The number of nitrogens with two attached hydrogens (primary N) is 1. The maximum Gasteiger partial charge on any atom is 0.265 e. The van der Waals surface area contributed by atoms with Crippen molar-refractivity contribution in [2.75, 3.05) is 5.73 Å². The lowest BCUT2D eigenvalue weighted by molar-refractivity contribution is 0.150. The number of aromatic nitrogens is 1. The zero-order valence-electron chi connectivity index (χ0n) is 7.02. The molecule has 0 saturated heterocycles. The van der Waals surface area contributed by atoms with Crippen LogP contribution in [-0.2, 0) is 5.88 Å². The van der Waals surface area contributed by atoms with Crippen molar-refractivity contribution in [3.05, 3.63) is 22.9 Å². The van der Waals surface area contributed by atoms with Gasteiger partial charge in [0, 0.05) is 17.3 Å². The molecule has 1 aromatic heterocycles. The van der Waals surface area contributed by atoms with Crippen LogP contribution in [0.15, 0.2) is 6.20 Å². The van der Waals surface area contributed by atoms with Crippen molar-refractivity contribution in [1.82, 2.24) is 4.98 Å². The third-order valence-corrected chi connectivity index (χ3v) is 2.17. The van der Waals surface area contributed by atoms with Gasteiger partial charge in [0.05, 0.1) is 5.88 Å². The summed E-state index contributed by atoms with van der Waals surface area (Å²) in [5, 5.41) is 0. The molecule has 0 bridgehead atoms. The summed E-state index contributed by atoms with van der Waals surface area (Å²) in [6.45, 7) is 1.57. The molecule has 0 aliphatic rings. The summed E-state index contributed by atoms with van der Waals surface area (Å²) in [6.07, 6.45) is -1.44. The Balaban J connectivity index is 3.27. The van der Waals surface area contributed by atoms with Gasteiger partial charge >= 0.3 is 0 Å². The molecule has 0 radical (unpaired) electrons. The number of hydrogen-bond donors (Lipinski definition) is 1. The van der Waals surface area contributed by atoms with Gasteiger partial charge in [0.2, 0.25) is 0 Å². The number of nitrogen functional groups attached to an aromatic ring is 1. The van der Waals surface area contributed by atoms with Crippen LogP contribution in [0.2, 0.25) is 0 Å². The summed E-state index contributed by atoms with van der Waals surface area (Å²) >= 11 is 5.55. The van der Waals surface area contributed by atoms with Crippen molar-refractivity contribution in [1.29, 1.82) is 0 Å². The summed E-state index contributed by atoms with van der Waals surface area (Å²) in [4.78, 5) is 3.65. The first-order chi connectivity index (χ1) is 6.07. The van der Waals surface area contributed by atoms with E-state index in [1.807, 2.05) is 0 Å². The molecule has 0 aliphatic carbocycles. The van der Waals surface area contributed by atoms with Gasteiger partial charge < -0.3 is 5.73 Å². The molecule has 0 unspecified atom stereocenters. The van der Waals surface area contributed by atoms with Crippen molar-refractivity contribution >= 4 is 17.4 Å². The van der Waals surface area contributed by atoms with Crippen LogP contribution in [0, 0.1) is 6.92 Å². The van der Waals surface area contributed by atoms with Crippen LogP contribution in [0.5, 0.6) is 0 Å². The van der Waals surface area contributed by atoms with Gasteiger partial charge in [0.1, 0.15) is 5.82 Å². The molecule has 0 amide bonds. The third-order valence-electron chi connectivity index (χ3n) is 1.91. The minimum absolute atomic E-state index is 0.102. The van der Waals surface area contributed by atoms with Crippen LogP contribution in [0.3, 0.4) is 0 Å². The molecule has 0 fully saturated rings. The Morgan fingerprint density at radius 1 is 1.62 bits per heavy atom. The monoisotopic (exact) mass is 206 g/mol. The summed E-state index contributed by atoms with van der Waals surface area (Å²) in [7, 11) is 0. The minimum atomic E-state index is -2.53. The zero-order chi connectivity index (χ0) is 10.0. The van der Waals surface area contributed by atoms with Crippen molar-refractivity contribution in [3.63, 3.8) is 0 Å². The van der Waals surface area contributed by atoms with E-state index < -0.39 is 6.43 Å². The van der Waals surface area contributed by atoms with Crippen LogP contribution < -0.4 is 5.73 Å². The van der Waals surface area contributed by atoms with Crippen LogP contribution in [0.25, 0.3) is 0 Å². The Morgan fingerprint density at radius 2 is 2.23 bits per heavy atom. The molecule has 0 atom stereocenters. The number of hydrogen-bond acceptors (Lipinski definition) is 2. The third kappa shape index (κ3) is 1.88. The molecule has 1 rings (SSSR count). The number of halogens is 3. The molecule has 1 aromatic rings. The van der Waals surface area contributed by atoms with Crippen LogP contribution in [-0.4, -0.2) is 4.98 Å². The molecule has 5 heteroatoms. The molecule has 1 heterocycles. The van der Waals surface area contributed by atoms with Gasteiger partial charge in [0.15, 0.2) is 0 Å². The number of nitrogens with zero attached hydrogens (tertiary/aromatic N) is 1. The standard InChI is InChI=1S/C8H9ClF2N2/c1-4-5(2-9)8(12)13-3-6(4)7(10)11/h3,7H,2H2,1H3,(H2,12,13). The van der Waals surface area contributed by atoms with Crippen LogP contribution in [0.4, 0.5) is 14.6 Å². The van der Waals surface area contributed by atoms with E-state index in [9.17, 15) is 8.78 Å². The molecule has 0 aliphatic heterocycles. The molecule has 2 N–H and O–H groups in total. The quantitative estimate of drug-likeness (QED) is 0.756. The SMILES string of the molecule is Cc1c(C(F)F)cnc(N)c1CCl. The molecule has 13 heavy (non-hydrogen) atoms. The molecule has 0 saturated carbocycles. The summed E-state index contributed by atoms with van der Waals surface area (Å²) < 4.78 is 24.7. The number of anilines is 1. The highest BCUT2D eigenvalue weighted by atomic mass is 35.5. The Morgan fingerprint density at radius 3 is 2.69 bits per heavy atom. The smallest absolute Gasteiger partial charge is 0.265 e. The van der Waals surface area contributed by atoms with Gasteiger partial charge in [-0.15, -0.1) is 11.6 Å². The predicted octanol–water partition coefficient (Wildman–Crippen LogP) is 2.65. The Labute approximate surface area is 79.7 Å². The van der Waals surface area contributed by atoms with Crippen molar-refractivity contribution in [2.45, 2.75) is 19.2 Å². The van der Waals surface area contributed by atoms with E-state index in [4.69, 9.17) is 17.3 Å². The van der Waals surface area contributed by atoms with E-state index in [1.165, 1.54) is 0 Å². The highest BCUT2D eigenvalue weighted by Gasteiger charge is 2.15. The largest absolute Gasteiger partial charge is 0.383 e. The topological polar surface area (TPSA) is 38.9 Å². The fraction of sp³-hybridized carbons (Fsp3) is 0.375. The molecular weight excluding hydrogens is 198 g/mol. The average molecular weight is 207 g/mol. The molecular formula is C8H9ClF2N2. The molecule has 72 valence electrons. The first-order valence-electron chi connectivity index (χ1n) is 3.66. The highest BCUT2D eigenvalue weighted by Crippen LogP contribution is 2.27. The second kappa shape index (κ2) is 3.87. The number of pyridine rings is 1. The second-order valence-electron chi connectivity index (χ2n) is 2.64. The molecule has 2 nitrogen and oxygen atoms in total. The maximum atomic E-state index is 12.4. The summed E-state index contributed by atoms with van der Waals surface area (Å²) in [5.41, 5.74) is 6.27. The Hall–Kier alpha value is -0.900. The van der Waals surface area contributed by atoms with E-state index in [0.29, 0.717) is 11.1 Å². The van der Waals surface area contributed by atoms with Gasteiger partial charge in [-0.1, -0.05) is 0 Å². The van der Waals surface area contributed by atoms with E-state index in [2.05, 4.69) is 4.98 Å². The molecule has 0 aromatic carbocycles. The summed E-state index contributed by atoms with van der Waals surface area (Å²) in [5.74, 6) is 0.322. The lowest BCUT2D eigenvalue weighted by Crippen LogP contribution is -2.02. The second-order valence-corrected chi connectivity index (χ2v) is 2.90. The van der Waals surface area contributed by atoms with Crippen LogP contribution >= 0.6 is 11.6 Å². The van der Waals surface area contributed by atoms with Gasteiger partial charge in [-0.3, -0.25) is 0 Å². The first-order valence-corrected chi connectivity index (χ1v) is 4.19. The lowest BCUT2D eigenvalue weighted by atomic mass is 10.1. The van der Waals surface area contributed by atoms with E-state index in [0.717, 1.165) is 6.20 Å². The van der Waals surface area contributed by atoms with Crippen molar-refractivity contribution in [3.8, 4) is 0 Å². The normalized spacial score (nSPS) is 10.8. The Bertz CT molecular complexity index is 315. The Kier molecular flexibility index (Phi) is 3.03. The summed E-state index contributed by atoms with van der Waals surface area (Å²) in [6, 6.07) is 0. The van der Waals surface area contributed by atoms with Gasteiger partial charge in [-0.25, -0.2) is 13.8 Å². The first kappa shape index (κ1) is 10.2. The average Bonchev–Trinajstić information content (AvgIpc) is 2.04. The van der Waals surface area contributed by atoms with Gasteiger partial charge in [0.25, 0.3) is 6.43 Å². The van der Waals surface area contributed by atoms with E-state index >= 15 is 0 Å². The highest BCUT2D eigenvalue weighted by molar-refractivity contribution is 6.17. The lowest BCUT2D eigenvalue weighted by Gasteiger charge is -2.09. The van der Waals surface area contributed by atoms with Crippen LogP contribution in [0.1, 0.15) is 23.1 Å². The fourth-order valence-corrected chi connectivity index (χ4v) is 1.41. The van der Waals surface area contributed by atoms with E-state index in [1.54, 1.807) is 6.92 Å². The zero-order valence-corrected chi connectivity index (χ0v) is 7.78.